The van der Waals surface area contributed by atoms with Crippen LogP contribution < -0.4 is 9.46 Å². The number of hydrogen-bond donors (Lipinski definition) is 1. The molecular formula is C15H18FNO3S2. The summed E-state index contributed by atoms with van der Waals surface area (Å²) in [5.41, 5.74) is 0. The lowest BCUT2D eigenvalue weighted by molar-refractivity contribution is 0.231. The Hall–Kier alpha value is -1.44. The van der Waals surface area contributed by atoms with Gasteiger partial charge in [0.15, 0.2) is 11.6 Å². The largest absolute Gasteiger partial charge is 0.488 e. The third kappa shape index (κ3) is 4.53. The van der Waals surface area contributed by atoms with Crippen LogP contribution in [0.1, 0.15) is 18.7 Å². The van der Waals surface area contributed by atoms with Crippen molar-refractivity contribution >= 4 is 21.4 Å². The van der Waals surface area contributed by atoms with Gasteiger partial charge in [0.2, 0.25) is 10.0 Å². The zero-order valence-electron chi connectivity index (χ0n) is 12.4. The molecule has 0 aliphatic rings. The fourth-order valence-electron chi connectivity index (χ4n) is 1.84. The highest BCUT2D eigenvalue weighted by Crippen LogP contribution is 2.22. The maximum absolute atomic E-state index is 13.9. The molecule has 0 saturated carbocycles. The molecule has 0 fully saturated rings. The predicted octanol–water partition coefficient (Wildman–Crippen LogP) is 3.20. The van der Waals surface area contributed by atoms with Gasteiger partial charge in [-0.15, -0.1) is 11.3 Å². The highest BCUT2D eigenvalue weighted by molar-refractivity contribution is 7.89. The van der Waals surface area contributed by atoms with Crippen molar-refractivity contribution in [2.24, 2.45) is 0 Å². The first-order valence-corrected chi connectivity index (χ1v) is 9.23. The summed E-state index contributed by atoms with van der Waals surface area (Å²) >= 11 is 1.57. The summed E-state index contributed by atoms with van der Waals surface area (Å²) in [6.45, 7) is 3.82. The van der Waals surface area contributed by atoms with Gasteiger partial charge in [0.25, 0.3) is 0 Å². The van der Waals surface area contributed by atoms with Gasteiger partial charge in [0, 0.05) is 11.4 Å². The Morgan fingerprint density at radius 1 is 1.32 bits per heavy atom. The first-order chi connectivity index (χ1) is 10.4. The SMILES string of the molecule is CC(C)Oc1ccc(S(=O)(=O)NCCc2cccs2)cc1F. The topological polar surface area (TPSA) is 55.4 Å². The highest BCUT2D eigenvalue weighted by atomic mass is 32.2. The minimum Gasteiger partial charge on any atom is -0.488 e. The molecule has 4 nitrogen and oxygen atoms in total. The second-order valence-corrected chi connectivity index (χ2v) is 7.79. The van der Waals surface area contributed by atoms with E-state index in [0.29, 0.717) is 6.42 Å². The van der Waals surface area contributed by atoms with Crippen LogP contribution >= 0.6 is 11.3 Å². The molecule has 7 heteroatoms. The molecule has 0 atom stereocenters. The predicted molar refractivity (Wildman–Crippen MR) is 85.4 cm³/mol. The summed E-state index contributed by atoms with van der Waals surface area (Å²) in [7, 11) is -3.72. The molecule has 120 valence electrons. The van der Waals surface area contributed by atoms with E-state index in [4.69, 9.17) is 4.74 Å². The lowest BCUT2D eigenvalue weighted by atomic mass is 10.3. The van der Waals surface area contributed by atoms with E-state index >= 15 is 0 Å². The van der Waals surface area contributed by atoms with Crippen LogP contribution in [0.25, 0.3) is 0 Å². The Labute approximate surface area is 134 Å². The van der Waals surface area contributed by atoms with Crippen LogP contribution in [-0.2, 0) is 16.4 Å². The Bertz CT molecular complexity index is 712. The van der Waals surface area contributed by atoms with Crippen LogP contribution in [-0.4, -0.2) is 21.1 Å². The molecule has 0 radical (unpaired) electrons. The van der Waals surface area contributed by atoms with E-state index < -0.39 is 15.8 Å². The smallest absolute Gasteiger partial charge is 0.240 e. The van der Waals surface area contributed by atoms with E-state index in [9.17, 15) is 12.8 Å². The summed E-state index contributed by atoms with van der Waals surface area (Å²) in [4.78, 5) is 0.988. The van der Waals surface area contributed by atoms with Crippen LogP contribution in [0.5, 0.6) is 5.75 Å². The van der Waals surface area contributed by atoms with Crippen molar-refractivity contribution in [1.29, 1.82) is 0 Å². The Morgan fingerprint density at radius 3 is 2.68 bits per heavy atom. The van der Waals surface area contributed by atoms with Crippen molar-refractivity contribution in [3.63, 3.8) is 0 Å². The van der Waals surface area contributed by atoms with Crippen LogP contribution in [0.15, 0.2) is 40.6 Å². The number of sulfonamides is 1. The van der Waals surface area contributed by atoms with Crippen molar-refractivity contribution in [1.82, 2.24) is 4.72 Å². The lowest BCUT2D eigenvalue weighted by Crippen LogP contribution is -2.26. The Balaban J connectivity index is 2.04. The van der Waals surface area contributed by atoms with E-state index in [1.807, 2.05) is 17.5 Å². The van der Waals surface area contributed by atoms with Crippen molar-refractivity contribution in [2.75, 3.05) is 6.54 Å². The van der Waals surface area contributed by atoms with Gasteiger partial charge in [0.1, 0.15) is 0 Å². The molecule has 2 aromatic rings. The van der Waals surface area contributed by atoms with Crippen molar-refractivity contribution in [3.05, 3.63) is 46.4 Å². The quantitative estimate of drug-likeness (QED) is 0.840. The van der Waals surface area contributed by atoms with Gasteiger partial charge in [-0.25, -0.2) is 17.5 Å². The third-order valence-electron chi connectivity index (χ3n) is 2.82. The van der Waals surface area contributed by atoms with Gasteiger partial charge in [-0.1, -0.05) is 6.07 Å². The van der Waals surface area contributed by atoms with Gasteiger partial charge in [-0.2, -0.15) is 0 Å². The fraction of sp³-hybridized carbons (Fsp3) is 0.333. The monoisotopic (exact) mass is 343 g/mol. The Kier molecular flexibility index (Phi) is 5.55. The standard InChI is InChI=1S/C15H18FNO3S2/c1-11(2)20-15-6-5-13(10-14(15)16)22(18,19)17-8-7-12-4-3-9-21-12/h3-6,9-11,17H,7-8H2,1-2H3. The molecule has 0 aliphatic heterocycles. The summed E-state index contributed by atoms with van der Waals surface area (Å²) in [6, 6.07) is 7.51. The molecule has 1 heterocycles. The van der Waals surface area contributed by atoms with Gasteiger partial charge >= 0.3 is 0 Å². The molecular weight excluding hydrogens is 325 g/mol. The molecule has 0 aliphatic carbocycles. The van der Waals surface area contributed by atoms with E-state index in [1.165, 1.54) is 12.1 Å². The lowest BCUT2D eigenvalue weighted by Gasteiger charge is -2.12. The third-order valence-corrected chi connectivity index (χ3v) is 5.21. The van der Waals surface area contributed by atoms with E-state index in [1.54, 1.807) is 25.2 Å². The summed E-state index contributed by atoms with van der Waals surface area (Å²) in [5, 5.41) is 1.94. The summed E-state index contributed by atoms with van der Waals surface area (Å²) in [6.07, 6.45) is 0.425. The molecule has 0 unspecified atom stereocenters. The number of rotatable bonds is 7. The van der Waals surface area contributed by atoms with Crippen LogP contribution in [0.2, 0.25) is 0 Å². The average molecular weight is 343 g/mol. The zero-order valence-corrected chi connectivity index (χ0v) is 14.0. The molecule has 1 aromatic heterocycles. The molecule has 22 heavy (non-hydrogen) atoms. The first kappa shape index (κ1) is 16.9. The highest BCUT2D eigenvalue weighted by Gasteiger charge is 2.16. The maximum Gasteiger partial charge on any atom is 0.240 e. The summed E-state index contributed by atoms with van der Waals surface area (Å²) in [5.74, 6) is -0.637. The van der Waals surface area contributed by atoms with Gasteiger partial charge in [-0.05, 0) is 49.9 Å². The number of ether oxygens (including phenoxy) is 1. The van der Waals surface area contributed by atoms with Gasteiger partial charge < -0.3 is 4.74 Å². The normalized spacial score (nSPS) is 11.8. The van der Waals surface area contributed by atoms with E-state index in [0.717, 1.165) is 10.9 Å². The number of hydrogen-bond acceptors (Lipinski definition) is 4. The number of benzene rings is 1. The van der Waals surface area contributed by atoms with Gasteiger partial charge in [0.05, 0.1) is 11.0 Å². The average Bonchev–Trinajstić information content (AvgIpc) is 2.93. The molecule has 0 bridgehead atoms. The molecule has 0 saturated heterocycles. The first-order valence-electron chi connectivity index (χ1n) is 6.87. The van der Waals surface area contributed by atoms with Crippen molar-refractivity contribution in [3.8, 4) is 5.75 Å². The number of thiophene rings is 1. The van der Waals surface area contributed by atoms with Crippen LogP contribution in [0.4, 0.5) is 4.39 Å². The van der Waals surface area contributed by atoms with E-state index in [-0.39, 0.29) is 23.3 Å². The fourth-order valence-corrected chi connectivity index (χ4v) is 3.60. The minimum absolute atomic E-state index is 0.0486. The minimum atomic E-state index is -3.72. The molecule has 1 aromatic carbocycles. The molecule has 1 N–H and O–H groups in total. The molecule has 0 spiro atoms. The molecule has 2 rings (SSSR count). The van der Waals surface area contributed by atoms with Crippen LogP contribution in [0.3, 0.4) is 0 Å². The van der Waals surface area contributed by atoms with Crippen molar-refractivity contribution < 1.29 is 17.5 Å². The summed E-state index contributed by atoms with van der Waals surface area (Å²) < 4.78 is 45.9. The maximum atomic E-state index is 13.9. The van der Waals surface area contributed by atoms with E-state index in [2.05, 4.69) is 4.72 Å². The van der Waals surface area contributed by atoms with Crippen LogP contribution in [0, 0.1) is 5.82 Å². The second-order valence-electron chi connectivity index (χ2n) is 4.99. The molecule has 0 amide bonds. The van der Waals surface area contributed by atoms with Crippen molar-refractivity contribution in [2.45, 2.75) is 31.3 Å². The second kappa shape index (κ2) is 7.21. The van der Waals surface area contributed by atoms with Gasteiger partial charge in [-0.3, -0.25) is 0 Å². The number of nitrogens with one attached hydrogen (secondary N) is 1. The Morgan fingerprint density at radius 2 is 2.09 bits per heavy atom. The zero-order chi connectivity index (χ0) is 16.2. The number of halogens is 1.